The molecule has 1 saturated heterocycles. The first-order valence-corrected chi connectivity index (χ1v) is 7.88. The molecule has 0 aliphatic carbocycles. The molecule has 3 rings (SSSR count). The number of hydrogen-bond donors (Lipinski definition) is 0. The summed E-state index contributed by atoms with van der Waals surface area (Å²) in [6.45, 7) is 6.82. The van der Waals surface area contributed by atoms with Crippen LogP contribution in [0.4, 0.5) is 5.13 Å². The molecule has 0 radical (unpaired) electrons. The quantitative estimate of drug-likeness (QED) is 0.867. The fourth-order valence-electron chi connectivity index (χ4n) is 2.32. The second-order valence-electron chi connectivity index (χ2n) is 5.04. The molecular formula is C14H18N4O2S. The van der Waals surface area contributed by atoms with Gasteiger partial charge in [-0.2, -0.15) is 4.37 Å². The summed E-state index contributed by atoms with van der Waals surface area (Å²) in [5.41, 5.74) is 0. The van der Waals surface area contributed by atoms with Crippen molar-refractivity contribution in [2.24, 2.45) is 0 Å². The van der Waals surface area contributed by atoms with Gasteiger partial charge in [0.15, 0.2) is 5.76 Å². The predicted molar refractivity (Wildman–Crippen MR) is 80.8 cm³/mol. The number of nitrogens with zero attached hydrogens (tertiary/aromatic N) is 4. The Morgan fingerprint density at radius 3 is 2.67 bits per heavy atom. The summed E-state index contributed by atoms with van der Waals surface area (Å²) >= 11 is 1.43. The SMILES string of the molecule is CCc1nsc(N2CCN(C(=O)c3ccc(C)o3)CC2)n1. The number of aryl methyl sites for hydroxylation is 2. The summed E-state index contributed by atoms with van der Waals surface area (Å²) < 4.78 is 9.71. The third-order valence-electron chi connectivity index (χ3n) is 3.56. The molecule has 6 nitrogen and oxygen atoms in total. The zero-order valence-electron chi connectivity index (χ0n) is 12.2. The Hall–Kier alpha value is -1.89. The zero-order chi connectivity index (χ0) is 14.8. The van der Waals surface area contributed by atoms with Gasteiger partial charge in [-0.25, -0.2) is 4.98 Å². The van der Waals surface area contributed by atoms with Crippen LogP contribution in [0, 0.1) is 6.92 Å². The molecule has 21 heavy (non-hydrogen) atoms. The largest absolute Gasteiger partial charge is 0.456 e. The minimum absolute atomic E-state index is 0.0331. The monoisotopic (exact) mass is 306 g/mol. The Morgan fingerprint density at radius 1 is 1.33 bits per heavy atom. The Labute approximate surface area is 127 Å². The van der Waals surface area contributed by atoms with Gasteiger partial charge in [-0.1, -0.05) is 6.92 Å². The van der Waals surface area contributed by atoms with E-state index in [1.807, 2.05) is 24.8 Å². The first kappa shape index (κ1) is 14.1. The van der Waals surface area contributed by atoms with Gasteiger partial charge in [0.25, 0.3) is 5.91 Å². The second kappa shape index (κ2) is 5.85. The van der Waals surface area contributed by atoms with E-state index in [0.717, 1.165) is 36.2 Å². The minimum Gasteiger partial charge on any atom is -0.456 e. The van der Waals surface area contributed by atoms with Crippen molar-refractivity contribution in [1.82, 2.24) is 14.3 Å². The van der Waals surface area contributed by atoms with Gasteiger partial charge in [0, 0.05) is 44.1 Å². The highest BCUT2D eigenvalue weighted by molar-refractivity contribution is 7.09. The van der Waals surface area contributed by atoms with Crippen LogP contribution < -0.4 is 4.90 Å². The molecule has 0 unspecified atom stereocenters. The molecule has 0 bridgehead atoms. The number of piperazine rings is 1. The first-order chi connectivity index (χ1) is 10.2. The molecule has 0 atom stereocenters. The lowest BCUT2D eigenvalue weighted by Crippen LogP contribution is -2.48. The lowest BCUT2D eigenvalue weighted by atomic mass is 10.3. The molecule has 1 aliphatic rings. The Kier molecular flexibility index (Phi) is 3.92. The van der Waals surface area contributed by atoms with Gasteiger partial charge in [-0.3, -0.25) is 4.79 Å². The van der Waals surface area contributed by atoms with Crippen molar-refractivity contribution in [2.45, 2.75) is 20.3 Å². The van der Waals surface area contributed by atoms with E-state index in [1.165, 1.54) is 11.5 Å². The highest BCUT2D eigenvalue weighted by atomic mass is 32.1. The van der Waals surface area contributed by atoms with E-state index in [0.29, 0.717) is 18.8 Å². The van der Waals surface area contributed by atoms with Gasteiger partial charge in [-0.05, 0) is 19.1 Å². The molecule has 1 fully saturated rings. The van der Waals surface area contributed by atoms with Crippen LogP contribution in [0.2, 0.25) is 0 Å². The van der Waals surface area contributed by atoms with Gasteiger partial charge in [-0.15, -0.1) is 0 Å². The van der Waals surface area contributed by atoms with E-state index in [4.69, 9.17) is 4.42 Å². The molecule has 0 spiro atoms. The summed E-state index contributed by atoms with van der Waals surface area (Å²) in [5.74, 6) is 2.04. The fourth-order valence-corrected chi connectivity index (χ4v) is 3.12. The number of rotatable bonds is 3. The molecular weight excluding hydrogens is 288 g/mol. The number of carbonyl (C=O) groups excluding carboxylic acids is 1. The van der Waals surface area contributed by atoms with E-state index >= 15 is 0 Å². The van der Waals surface area contributed by atoms with Crippen LogP contribution in [0.3, 0.4) is 0 Å². The van der Waals surface area contributed by atoms with Crippen LogP contribution in [0.1, 0.15) is 29.1 Å². The molecule has 0 N–H and O–H groups in total. The smallest absolute Gasteiger partial charge is 0.289 e. The summed E-state index contributed by atoms with van der Waals surface area (Å²) in [4.78, 5) is 20.8. The minimum atomic E-state index is -0.0331. The number of furan rings is 1. The second-order valence-corrected chi connectivity index (χ2v) is 5.77. The predicted octanol–water partition coefficient (Wildman–Crippen LogP) is 1.96. The average molecular weight is 306 g/mol. The van der Waals surface area contributed by atoms with Crippen LogP contribution >= 0.6 is 11.5 Å². The van der Waals surface area contributed by atoms with E-state index in [2.05, 4.69) is 14.3 Å². The van der Waals surface area contributed by atoms with Crippen LogP contribution in [-0.2, 0) is 6.42 Å². The van der Waals surface area contributed by atoms with Gasteiger partial charge in [0.1, 0.15) is 11.6 Å². The van der Waals surface area contributed by atoms with Crippen molar-refractivity contribution in [1.29, 1.82) is 0 Å². The summed E-state index contributed by atoms with van der Waals surface area (Å²) in [6.07, 6.45) is 0.854. The lowest BCUT2D eigenvalue weighted by Gasteiger charge is -2.33. The van der Waals surface area contributed by atoms with E-state index < -0.39 is 0 Å². The number of anilines is 1. The highest BCUT2D eigenvalue weighted by Gasteiger charge is 2.25. The number of amides is 1. The van der Waals surface area contributed by atoms with Crippen molar-refractivity contribution >= 4 is 22.6 Å². The maximum Gasteiger partial charge on any atom is 0.289 e. The molecule has 2 aromatic heterocycles. The van der Waals surface area contributed by atoms with Gasteiger partial charge in [0.2, 0.25) is 5.13 Å². The Balaban J connectivity index is 1.61. The van der Waals surface area contributed by atoms with Crippen molar-refractivity contribution in [3.05, 3.63) is 29.5 Å². The molecule has 3 heterocycles. The maximum absolute atomic E-state index is 12.3. The topological polar surface area (TPSA) is 62.5 Å². The van der Waals surface area contributed by atoms with E-state index in [1.54, 1.807) is 6.07 Å². The number of aromatic nitrogens is 2. The summed E-state index contributed by atoms with van der Waals surface area (Å²) in [7, 11) is 0. The maximum atomic E-state index is 12.3. The normalized spacial score (nSPS) is 15.5. The molecule has 2 aromatic rings. The van der Waals surface area contributed by atoms with Crippen LogP contribution in [-0.4, -0.2) is 46.3 Å². The highest BCUT2D eigenvalue weighted by Crippen LogP contribution is 2.20. The van der Waals surface area contributed by atoms with Crippen LogP contribution in [0.5, 0.6) is 0 Å². The third-order valence-corrected chi connectivity index (χ3v) is 4.38. The Bertz CT molecular complexity index is 628. The van der Waals surface area contributed by atoms with Gasteiger partial charge in [0.05, 0.1) is 0 Å². The number of hydrogen-bond acceptors (Lipinski definition) is 6. The fraction of sp³-hybridized carbons (Fsp3) is 0.500. The third kappa shape index (κ3) is 2.92. The van der Waals surface area contributed by atoms with Crippen molar-refractivity contribution in [3.63, 3.8) is 0 Å². The van der Waals surface area contributed by atoms with E-state index in [-0.39, 0.29) is 5.91 Å². The summed E-state index contributed by atoms with van der Waals surface area (Å²) in [6, 6.07) is 3.55. The zero-order valence-corrected chi connectivity index (χ0v) is 13.0. The van der Waals surface area contributed by atoms with Crippen LogP contribution in [0.25, 0.3) is 0 Å². The average Bonchev–Trinajstić information content (AvgIpc) is 3.15. The molecule has 0 aromatic carbocycles. The van der Waals surface area contributed by atoms with Crippen molar-refractivity contribution in [2.75, 3.05) is 31.1 Å². The molecule has 0 saturated carbocycles. The molecule has 1 aliphatic heterocycles. The lowest BCUT2D eigenvalue weighted by molar-refractivity contribution is 0.0713. The standard InChI is InChI=1S/C14H18N4O2S/c1-3-12-15-14(21-16-12)18-8-6-17(7-9-18)13(19)11-5-4-10(2)20-11/h4-5H,3,6-9H2,1-2H3. The Morgan fingerprint density at radius 2 is 2.10 bits per heavy atom. The summed E-state index contributed by atoms with van der Waals surface area (Å²) in [5, 5.41) is 0.952. The van der Waals surface area contributed by atoms with Crippen LogP contribution in [0.15, 0.2) is 16.5 Å². The van der Waals surface area contributed by atoms with E-state index in [9.17, 15) is 4.79 Å². The van der Waals surface area contributed by atoms with Crippen molar-refractivity contribution in [3.8, 4) is 0 Å². The molecule has 1 amide bonds. The first-order valence-electron chi connectivity index (χ1n) is 7.10. The van der Waals surface area contributed by atoms with Crippen molar-refractivity contribution < 1.29 is 9.21 Å². The van der Waals surface area contributed by atoms with Gasteiger partial charge < -0.3 is 14.2 Å². The molecule has 112 valence electrons. The molecule has 7 heteroatoms. The van der Waals surface area contributed by atoms with Gasteiger partial charge >= 0.3 is 0 Å². The number of carbonyl (C=O) groups is 1.